The molecule has 0 unspecified atom stereocenters. The van der Waals surface area contributed by atoms with Crippen LogP contribution in [0.15, 0.2) is 11.6 Å². The van der Waals surface area contributed by atoms with Crippen molar-refractivity contribution in [2.75, 3.05) is 0 Å². The molecule has 0 aromatic carbocycles. The first-order valence-electron chi connectivity index (χ1n) is 16.0. The van der Waals surface area contributed by atoms with E-state index in [9.17, 15) is 19.5 Å². The van der Waals surface area contributed by atoms with Crippen molar-refractivity contribution in [3.63, 3.8) is 0 Å². The Bertz CT molecular complexity index is 1130. The van der Waals surface area contributed by atoms with Gasteiger partial charge in [-0.1, -0.05) is 74.0 Å². The van der Waals surface area contributed by atoms with Crippen LogP contribution >= 0.6 is 0 Å². The summed E-state index contributed by atoms with van der Waals surface area (Å²) in [6.07, 6.45) is 9.60. The highest BCUT2D eigenvalue weighted by molar-refractivity contribution is 5.85. The van der Waals surface area contributed by atoms with E-state index in [0.717, 1.165) is 38.5 Å². The van der Waals surface area contributed by atoms with Crippen molar-refractivity contribution in [3.8, 4) is 0 Å². The molecule has 0 aromatic heterocycles. The number of carbonyl (C=O) groups is 3. The van der Waals surface area contributed by atoms with Gasteiger partial charge >= 0.3 is 11.9 Å². The zero-order chi connectivity index (χ0) is 29.7. The molecule has 0 aromatic rings. The third-order valence-electron chi connectivity index (χ3n) is 13.6. The number of Topliss-reactive ketones (excluding diaryl/α,β-unsaturated/α-hetero) is 1. The molecular weight excluding hydrogens is 500 g/mol. The molecule has 0 saturated heterocycles. The number of carboxylic acids is 1. The molecule has 5 nitrogen and oxygen atoms in total. The molecule has 5 heteroatoms. The van der Waals surface area contributed by atoms with E-state index >= 15 is 0 Å². The molecule has 0 spiro atoms. The number of ether oxygens (including phenoxy) is 1. The molecule has 5 aliphatic rings. The highest BCUT2D eigenvalue weighted by Crippen LogP contribution is 2.75. The van der Waals surface area contributed by atoms with E-state index in [-0.39, 0.29) is 44.9 Å². The standard InChI is InChI=1S/C35H54O5/c1-21(2)18-28(37)40-27-20-30(3,4)19-23-22-10-11-25-32(7)14-13-26(36)31(5,6)24(32)12-15-34(25,9)33(22,8)16-17-35(23,27)29(38)39/h10,21,23-25,27H,11-20H2,1-9H3,(H,38,39)/t23-,24+,25+,27+,32-,33+,34+,35-/m0/s1. The van der Waals surface area contributed by atoms with Crippen LogP contribution in [0.3, 0.4) is 0 Å². The number of rotatable bonds is 4. The summed E-state index contributed by atoms with van der Waals surface area (Å²) >= 11 is 0. The minimum atomic E-state index is -1.07. The summed E-state index contributed by atoms with van der Waals surface area (Å²) in [7, 11) is 0. The second-order valence-corrected chi connectivity index (χ2v) is 17.0. The summed E-state index contributed by atoms with van der Waals surface area (Å²) in [4.78, 5) is 39.3. The fourth-order valence-corrected chi connectivity index (χ4v) is 11.3. The first-order valence-corrected chi connectivity index (χ1v) is 16.0. The monoisotopic (exact) mass is 554 g/mol. The quantitative estimate of drug-likeness (QED) is 0.281. The first kappa shape index (κ1) is 29.8. The lowest BCUT2D eigenvalue weighted by Crippen LogP contribution is -2.66. The van der Waals surface area contributed by atoms with E-state index in [1.165, 1.54) is 5.57 Å². The predicted octanol–water partition coefficient (Wildman–Crippen LogP) is 8.01. The third kappa shape index (κ3) is 3.94. The van der Waals surface area contributed by atoms with Crippen LogP contribution in [0.1, 0.15) is 127 Å². The number of hydrogen-bond acceptors (Lipinski definition) is 4. The number of hydrogen-bond donors (Lipinski definition) is 1. The maximum atomic E-state index is 13.4. The molecule has 0 radical (unpaired) electrons. The molecule has 5 rings (SSSR count). The van der Waals surface area contributed by atoms with Gasteiger partial charge in [0.05, 0.1) is 0 Å². The highest BCUT2D eigenvalue weighted by Gasteiger charge is 2.71. The van der Waals surface area contributed by atoms with Crippen molar-refractivity contribution in [2.24, 2.45) is 56.2 Å². The lowest BCUT2D eigenvalue weighted by Gasteiger charge is -2.70. The zero-order valence-corrected chi connectivity index (χ0v) is 26.6. The number of esters is 1. The Labute approximate surface area is 242 Å². The highest BCUT2D eigenvalue weighted by atomic mass is 16.5. The van der Waals surface area contributed by atoms with Crippen LogP contribution < -0.4 is 0 Å². The van der Waals surface area contributed by atoms with E-state index < -0.39 is 17.5 Å². The molecule has 0 aliphatic heterocycles. The van der Waals surface area contributed by atoms with Gasteiger partial charge in [-0.3, -0.25) is 14.4 Å². The lowest BCUT2D eigenvalue weighted by molar-refractivity contribution is -0.207. The van der Waals surface area contributed by atoms with E-state index in [1.807, 2.05) is 13.8 Å². The predicted molar refractivity (Wildman–Crippen MR) is 156 cm³/mol. The second kappa shape index (κ2) is 9.17. The average molecular weight is 555 g/mol. The van der Waals surface area contributed by atoms with Gasteiger partial charge in [0.15, 0.2) is 0 Å². The molecule has 5 aliphatic carbocycles. The van der Waals surface area contributed by atoms with Crippen molar-refractivity contribution < 1.29 is 24.2 Å². The maximum absolute atomic E-state index is 13.4. The van der Waals surface area contributed by atoms with Gasteiger partial charge in [0.2, 0.25) is 0 Å². The lowest BCUT2D eigenvalue weighted by atomic mass is 9.33. The summed E-state index contributed by atoms with van der Waals surface area (Å²) in [6, 6.07) is 0. The fraction of sp³-hybridized carbons (Fsp3) is 0.857. The summed E-state index contributed by atoms with van der Waals surface area (Å²) in [5.74, 6) is 0.237. The smallest absolute Gasteiger partial charge is 0.314 e. The van der Waals surface area contributed by atoms with Gasteiger partial charge in [0.1, 0.15) is 17.3 Å². The van der Waals surface area contributed by atoms with E-state index in [0.29, 0.717) is 43.3 Å². The van der Waals surface area contributed by atoms with Crippen molar-refractivity contribution in [1.82, 2.24) is 0 Å². The maximum Gasteiger partial charge on any atom is 0.314 e. The molecule has 224 valence electrons. The number of carboxylic acid groups (broad SMARTS) is 1. The normalized spacial score (nSPS) is 45.4. The van der Waals surface area contributed by atoms with Crippen LogP contribution in [0.25, 0.3) is 0 Å². The Balaban J connectivity index is 1.58. The van der Waals surface area contributed by atoms with Crippen LogP contribution in [-0.4, -0.2) is 28.9 Å². The second-order valence-electron chi connectivity index (χ2n) is 17.0. The van der Waals surface area contributed by atoms with Crippen molar-refractivity contribution >= 4 is 17.7 Å². The van der Waals surface area contributed by atoms with Gasteiger partial charge in [-0.2, -0.15) is 0 Å². The van der Waals surface area contributed by atoms with Crippen molar-refractivity contribution in [2.45, 2.75) is 133 Å². The fourth-order valence-electron chi connectivity index (χ4n) is 11.3. The van der Waals surface area contributed by atoms with Crippen LogP contribution in [0, 0.1) is 56.2 Å². The molecule has 40 heavy (non-hydrogen) atoms. The van der Waals surface area contributed by atoms with Gasteiger partial charge in [-0.05, 0) is 90.8 Å². The molecule has 8 atom stereocenters. The largest absolute Gasteiger partial charge is 0.481 e. The summed E-state index contributed by atoms with van der Waals surface area (Å²) in [5.41, 5.74) is -0.140. The van der Waals surface area contributed by atoms with E-state index in [2.05, 4.69) is 54.5 Å². The van der Waals surface area contributed by atoms with Crippen LogP contribution in [0.4, 0.5) is 0 Å². The average Bonchev–Trinajstić information content (AvgIpc) is 2.81. The van der Waals surface area contributed by atoms with Gasteiger partial charge < -0.3 is 9.84 Å². The Morgan fingerprint density at radius 3 is 2.27 bits per heavy atom. The Morgan fingerprint density at radius 1 is 0.975 bits per heavy atom. The number of aliphatic carboxylic acids is 1. The Kier molecular flexibility index (Phi) is 6.84. The molecule has 0 bridgehead atoms. The van der Waals surface area contributed by atoms with E-state index in [4.69, 9.17) is 4.74 Å². The molecule has 4 saturated carbocycles. The zero-order valence-electron chi connectivity index (χ0n) is 26.6. The van der Waals surface area contributed by atoms with Gasteiger partial charge in [0.25, 0.3) is 0 Å². The van der Waals surface area contributed by atoms with Gasteiger partial charge in [-0.25, -0.2) is 0 Å². The van der Waals surface area contributed by atoms with Crippen LogP contribution in [-0.2, 0) is 19.1 Å². The number of carbonyl (C=O) groups excluding carboxylic acids is 2. The Morgan fingerprint density at radius 2 is 1.65 bits per heavy atom. The third-order valence-corrected chi connectivity index (χ3v) is 13.6. The summed E-state index contributed by atoms with van der Waals surface area (Å²) in [5, 5.41) is 11.0. The first-order chi connectivity index (χ1) is 18.3. The SMILES string of the molecule is CC(C)CC(=O)O[C@@H]1CC(C)(C)C[C@H]2C3=CC[C@@H]4[C@@]5(C)CCC(=O)C(C)(C)[C@H]5CC[C@@]4(C)[C@]3(C)CC[C@@]12C(=O)O. The summed E-state index contributed by atoms with van der Waals surface area (Å²) in [6.45, 7) is 20.2. The molecule has 4 fully saturated rings. The minimum Gasteiger partial charge on any atom is -0.481 e. The topological polar surface area (TPSA) is 80.7 Å². The van der Waals surface area contributed by atoms with Gasteiger partial charge in [-0.15, -0.1) is 0 Å². The molecule has 1 N–H and O–H groups in total. The number of ketones is 1. The van der Waals surface area contributed by atoms with Crippen LogP contribution in [0.5, 0.6) is 0 Å². The number of allylic oxidation sites excluding steroid dienone is 2. The molecular formula is C35H54O5. The van der Waals surface area contributed by atoms with Crippen molar-refractivity contribution in [3.05, 3.63) is 11.6 Å². The summed E-state index contributed by atoms with van der Waals surface area (Å²) < 4.78 is 6.16. The minimum absolute atomic E-state index is 0.0366. The molecule has 0 amide bonds. The van der Waals surface area contributed by atoms with E-state index in [1.54, 1.807) is 0 Å². The van der Waals surface area contributed by atoms with Crippen molar-refractivity contribution in [1.29, 1.82) is 0 Å². The Hall–Kier alpha value is -1.65. The number of fused-ring (bicyclic) bond motifs is 7. The molecule has 0 heterocycles. The van der Waals surface area contributed by atoms with Crippen LogP contribution in [0.2, 0.25) is 0 Å². The van der Waals surface area contributed by atoms with Gasteiger partial charge in [0, 0.05) is 24.2 Å².